The second-order valence-electron chi connectivity index (χ2n) is 7.45. The molecule has 0 bridgehead atoms. The zero-order valence-corrected chi connectivity index (χ0v) is 15.9. The molecule has 7 heteroatoms. The van der Waals surface area contributed by atoms with Crippen molar-refractivity contribution < 1.29 is 19.1 Å². The number of anilines is 1. The van der Waals surface area contributed by atoms with Crippen LogP contribution in [-0.4, -0.2) is 54.5 Å². The minimum atomic E-state index is -0.339. The van der Waals surface area contributed by atoms with Gasteiger partial charge in [0.05, 0.1) is 12.0 Å². The number of likely N-dealkylation sites (tertiary alicyclic amines) is 1. The average Bonchev–Trinajstić information content (AvgIpc) is 3.29. The Hall–Kier alpha value is -2.41. The first kappa shape index (κ1) is 19.4. The summed E-state index contributed by atoms with van der Waals surface area (Å²) in [5.74, 6) is -0.642. The third-order valence-electron chi connectivity index (χ3n) is 5.08. The fourth-order valence-corrected chi connectivity index (χ4v) is 3.47. The van der Waals surface area contributed by atoms with Gasteiger partial charge in [0.25, 0.3) is 5.91 Å². The Balaban J connectivity index is 1.50. The second kappa shape index (κ2) is 8.52. The smallest absolute Gasteiger partial charge is 0.251 e. The normalized spacial score (nSPS) is 22.3. The van der Waals surface area contributed by atoms with Gasteiger partial charge in [-0.3, -0.25) is 14.4 Å². The van der Waals surface area contributed by atoms with Crippen molar-refractivity contribution in [2.24, 2.45) is 5.92 Å². The summed E-state index contributed by atoms with van der Waals surface area (Å²) in [6, 6.07) is 6.87. The molecule has 7 nitrogen and oxygen atoms in total. The predicted octanol–water partition coefficient (Wildman–Crippen LogP) is 1.79. The number of carbonyl (C=O) groups is 3. The summed E-state index contributed by atoms with van der Waals surface area (Å²) in [7, 11) is 0. The van der Waals surface area contributed by atoms with E-state index in [4.69, 9.17) is 4.74 Å². The first-order valence-electron chi connectivity index (χ1n) is 9.54. The SMILES string of the molecule is CC(C)N1CC(C(=O)Nc2ccc(C(=O)NCC3CCCO3)cc2)CC1=O. The van der Waals surface area contributed by atoms with Crippen molar-refractivity contribution in [3.05, 3.63) is 29.8 Å². The number of hydrogen-bond donors (Lipinski definition) is 2. The fraction of sp³-hybridized carbons (Fsp3) is 0.550. The lowest BCUT2D eigenvalue weighted by Gasteiger charge is -2.20. The maximum absolute atomic E-state index is 12.4. The van der Waals surface area contributed by atoms with E-state index in [0.717, 1.165) is 19.4 Å². The maximum Gasteiger partial charge on any atom is 0.251 e. The first-order valence-corrected chi connectivity index (χ1v) is 9.54. The molecule has 1 aromatic carbocycles. The first-order chi connectivity index (χ1) is 12.9. The van der Waals surface area contributed by atoms with Crippen molar-refractivity contribution in [3.63, 3.8) is 0 Å². The van der Waals surface area contributed by atoms with Crippen LogP contribution in [0.15, 0.2) is 24.3 Å². The van der Waals surface area contributed by atoms with E-state index in [9.17, 15) is 14.4 Å². The molecule has 2 unspecified atom stereocenters. The second-order valence-corrected chi connectivity index (χ2v) is 7.45. The van der Waals surface area contributed by atoms with Crippen LogP contribution < -0.4 is 10.6 Å². The van der Waals surface area contributed by atoms with Gasteiger partial charge in [-0.15, -0.1) is 0 Å². The van der Waals surface area contributed by atoms with E-state index >= 15 is 0 Å². The number of ether oxygens (including phenoxy) is 1. The Morgan fingerprint density at radius 1 is 1.26 bits per heavy atom. The number of nitrogens with zero attached hydrogens (tertiary/aromatic N) is 1. The quantitative estimate of drug-likeness (QED) is 0.796. The molecule has 2 N–H and O–H groups in total. The molecule has 2 atom stereocenters. The van der Waals surface area contributed by atoms with Crippen LogP contribution in [0.2, 0.25) is 0 Å². The molecule has 2 aliphatic heterocycles. The van der Waals surface area contributed by atoms with E-state index in [1.165, 1.54) is 0 Å². The van der Waals surface area contributed by atoms with Crippen LogP contribution >= 0.6 is 0 Å². The predicted molar refractivity (Wildman–Crippen MR) is 101 cm³/mol. The maximum atomic E-state index is 12.4. The van der Waals surface area contributed by atoms with Crippen molar-refractivity contribution in [2.75, 3.05) is 25.0 Å². The fourth-order valence-electron chi connectivity index (χ4n) is 3.47. The number of amides is 3. The number of nitrogens with one attached hydrogen (secondary N) is 2. The van der Waals surface area contributed by atoms with Crippen LogP contribution in [0.25, 0.3) is 0 Å². The van der Waals surface area contributed by atoms with E-state index < -0.39 is 0 Å². The van der Waals surface area contributed by atoms with Crippen LogP contribution in [0.5, 0.6) is 0 Å². The molecule has 2 saturated heterocycles. The Labute approximate surface area is 159 Å². The van der Waals surface area contributed by atoms with Gasteiger partial charge in [-0.1, -0.05) is 0 Å². The summed E-state index contributed by atoms with van der Waals surface area (Å²) in [5.41, 5.74) is 1.15. The highest BCUT2D eigenvalue weighted by Gasteiger charge is 2.35. The van der Waals surface area contributed by atoms with Crippen molar-refractivity contribution in [1.82, 2.24) is 10.2 Å². The minimum absolute atomic E-state index is 0.0170. The van der Waals surface area contributed by atoms with Crippen LogP contribution in [0.4, 0.5) is 5.69 Å². The zero-order valence-electron chi connectivity index (χ0n) is 15.9. The lowest BCUT2D eigenvalue weighted by Crippen LogP contribution is -2.33. The van der Waals surface area contributed by atoms with Crippen LogP contribution in [-0.2, 0) is 14.3 Å². The van der Waals surface area contributed by atoms with Gasteiger partial charge < -0.3 is 20.3 Å². The van der Waals surface area contributed by atoms with Gasteiger partial charge in [0.1, 0.15) is 0 Å². The standard InChI is InChI=1S/C20H27N3O4/c1-13(2)23-12-15(10-18(23)24)20(26)22-16-7-5-14(6-8-16)19(25)21-11-17-4-3-9-27-17/h5-8,13,15,17H,3-4,9-12H2,1-2H3,(H,21,25)(H,22,26). The van der Waals surface area contributed by atoms with Crippen molar-refractivity contribution in [1.29, 1.82) is 0 Å². The topological polar surface area (TPSA) is 87.7 Å². The van der Waals surface area contributed by atoms with E-state index in [0.29, 0.717) is 24.3 Å². The average molecular weight is 373 g/mol. The van der Waals surface area contributed by atoms with Crippen molar-refractivity contribution >= 4 is 23.4 Å². The van der Waals surface area contributed by atoms with E-state index in [1.54, 1.807) is 29.2 Å². The summed E-state index contributed by atoms with van der Waals surface area (Å²) in [4.78, 5) is 38.3. The Morgan fingerprint density at radius 3 is 2.59 bits per heavy atom. The number of rotatable bonds is 6. The Kier molecular flexibility index (Phi) is 6.11. The molecule has 3 rings (SSSR count). The summed E-state index contributed by atoms with van der Waals surface area (Å²) in [6.07, 6.45) is 2.36. The molecule has 146 valence electrons. The third kappa shape index (κ3) is 4.86. The van der Waals surface area contributed by atoms with Crippen LogP contribution in [0.1, 0.15) is 43.5 Å². The molecule has 2 fully saturated rings. The molecule has 1 aromatic rings. The van der Waals surface area contributed by atoms with Crippen LogP contribution in [0, 0.1) is 5.92 Å². The third-order valence-corrected chi connectivity index (χ3v) is 5.08. The molecular weight excluding hydrogens is 346 g/mol. The molecule has 27 heavy (non-hydrogen) atoms. The van der Waals surface area contributed by atoms with E-state index in [2.05, 4.69) is 10.6 Å². The summed E-state index contributed by atoms with van der Waals surface area (Å²) in [5, 5.41) is 5.71. The Morgan fingerprint density at radius 2 is 2.00 bits per heavy atom. The summed E-state index contributed by atoms with van der Waals surface area (Å²) >= 11 is 0. The lowest BCUT2D eigenvalue weighted by atomic mass is 10.1. The Bertz CT molecular complexity index is 696. The highest BCUT2D eigenvalue weighted by molar-refractivity contribution is 5.98. The highest BCUT2D eigenvalue weighted by atomic mass is 16.5. The lowest BCUT2D eigenvalue weighted by molar-refractivity contribution is -0.129. The van der Waals surface area contributed by atoms with Crippen molar-refractivity contribution in [2.45, 2.75) is 45.3 Å². The molecule has 0 radical (unpaired) electrons. The van der Waals surface area contributed by atoms with Crippen LogP contribution in [0.3, 0.4) is 0 Å². The number of hydrogen-bond acceptors (Lipinski definition) is 4. The summed E-state index contributed by atoms with van der Waals surface area (Å²) in [6.45, 7) is 5.61. The van der Waals surface area contributed by atoms with Gasteiger partial charge in [0.2, 0.25) is 11.8 Å². The monoisotopic (exact) mass is 373 g/mol. The number of benzene rings is 1. The molecule has 2 aliphatic rings. The van der Waals surface area contributed by atoms with Gasteiger partial charge in [0.15, 0.2) is 0 Å². The van der Waals surface area contributed by atoms with Gasteiger partial charge >= 0.3 is 0 Å². The largest absolute Gasteiger partial charge is 0.376 e. The summed E-state index contributed by atoms with van der Waals surface area (Å²) < 4.78 is 5.49. The molecule has 0 saturated carbocycles. The molecule has 3 amide bonds. The molecule has 0 aliphatic carbocycles. The zero-order chi connectivity index (χ0) is 19.4. The van der Waals surface area contributed by atoms with Gasteiger partial charge in [-0.2, -0.15) is 0 Å². The van der Waals surface area contributed by atoms with Crippen molar-refractivity contribution in [3.8, 4) is 0 Å². The van der Waals surface area contributed by atoms with E-state index in [-0.39, 0.29) is 42.2 Å². The minimum Gasteiger partial charge on any atom is -0.376 e. The highest BCUT2D eigenvalue weighted by Crippen LogP contribution is 2.22. The molecule has 0 aromatic heterocycles. The van der Waals surface area contributed by atoms with Gasteiger partial charge in [-0.25, -0.2) is 0 Å². The molecule has 2 heterocycles. The van der Waals surface area contributed by atoms with E-state index in [1.807, 2.05) is 13.8 Å². The van der Waals surface area contributed by atoms with Gasteiger partial charge in [0, 0.05) is 43.4 Å². The van der Waals surface area contributed by atoms with Gasteiger partial charge in [-0.05, 0) is 51.0 Å². The number of carbonyl (C=O) groups excluding carboxylic acids is 3. The molecule has 0 spiro atoms. The molecular formula is C20H27N3O4.